The number of benzene rings is 1. The summed E-state index contributed by atoms with van der Waals surface area (Å²) in [6.07, 6.45) is 0.790. The average molecular weight is 398 g/mol. The van der Waals surface area contributed by atoms with Gasteiger partial charge < -0.3 is 19.1 Å². The summed E-state index contributed by atoms with van der Waals surface area (Å²) in [5.74, 6) is -1.40. The summed E-state index contributed by atoms with van der Waals surface area (Å²) in [5.41, 5.74) is 1.69. The molecule has 2 saturated heterocycles. The molecule has 6 nitrogen and oxygen atoms in total. The lowest BCUT2D eigenvalue weighted by molar-refractivity contribution is -0.906. The second-order valence-electron chi connectivity index (χ2n) is 6.60. The third kappa shape index (κ3) is 2.68. The molecular formula is C17H22BrN2O4+. The highest BCUT2D eigenvalue weighted by molar-refractivity contribution is 9.10. The van der Waals surface area contributed by atoms with Crippen LogP contribution in [0.3, 0.4) is 0 Å². The number of hydrogen-bond donors (Lipinski definition) is 1. The van der Waals surface area contributed by atoms with Crippen molar-refractivity contribution in [1.29, 1.82) is 0 Å². The van der Waals surface area contributed by atoms with Crippen LogP contribution in [0.15, 0.2) is 22.7 Å². The summed E-state index contributed by atoms with van der Waals surface area (Å²) in [6.45, 7) is 6.41. The molecule has 0 aromatic heterocycles. The van der Waals surface area contributed by atoms with Crippen LogP contribution in [0.4, 0.5) is 5.69 Å². The summed E-state index contributed by atoms with van der Waals surface area (Å²) in [4.78, 5) is 16.4. The molecule has 0 radical (unpaired) electrons. The first-order chi connectivity index (χ1) is 11.6. The van der Waals surface area contributed by atoms with Gasteiger partial charge in [0.15, 0.2) is 6.67 Å². The highest BCUT2D eigenvalue weighted by atomic mass is 79.9. The van der Waals surface area contributed by atoms with Crippen LogP contribution in [0, 0.1) is 0 Å². The fraction of sp³-hybridized carbons (Fsp3) is 0.588. The highest BCUT2D eigenvalue weighted by Crippen LogP contribution is 2.46. The number of carbonyl (C=O) groups excluding carboxylic acids is 1. The molecule has 0 saturated carbocycles. The van der Waals surface area contributed by atoms with Gasteiger partial charge in [-0.15, -0.1) is 0 Å². The maximum Gasteiger partial charge on any atom is 0.296 e. The van der Waals surface area contributed by atoms with Crippen LogP contribution in [0.5, 0.6) is 0 Å². The number of carbonyl (C=O) groups is 1. The third-order valence-corrected chi connectivity index (χ3v) is 5.40. The molecule has 0 bridgehead atoms. The molecule has 2 fully saturated rings. The maximum absolute atomic E-state index is 13.3. The zero-order valence-electron chi connectivity index (χ0n) is 13.7. The lowest BCUT2D eigenvalue weighted by Gasteiger charge is -2.36. The van der Waals surface area contributed by atoms with E-state index in [1.54, 1.807) is 0 Å². The molecule has 1 N–H and O–H groups in total. The second-order valence-corrected chi connectivity index (χ2v) is 7.51. The van der Waals surface area contributed by atoms with Gasteiger partial charge in [-0.05, 0) is 31.5 Å². The van der Waals surface area contributed by atoms with Gasteiger partial charge in [-0.1, -0.05) is 15.9 Å². The van der Waals surface area contributed by atoms with Gasteiger partial charge in [0.25, 0.3) is 11.7 Å². The van der Waals surface area contributed by atoms with Gasteiger partial charge in [0.05, 0.1) is 31.6 Å². The van der Waals surface area contributed by atoms with Crippen molar-refractivity contribution in [2.24, 2.45) is 0 Å². The molecule has 7 heteroatoms. The summed E-state index contributed by atoms with van der Waals surface area (Å²) < 4.78 is 18.4. The van der Waals surface area contributed by atoms with Crippen molar-refractivity contribution in [2.45, 2.75) is 25.2 Å². The van der Waals surface area contributed by atoms with Gasteiger partial charge >= 0.3 is 0 Å². The summed E-state index contributed by atoms with van der Waals surface area (Å²) in [5, 5.41) is 0. The minimum atomic E-state index is -1.29. The quantitative estimate of drug-likeness (QED) is 0.795. The van der Waals surface area contributed by atoms with Crippen molar-refractivity contribution < 1.29 is 23.9 Å². The Labute approximate surface area is 149 Å². The Morgan fingerprint density at radius 2 is 2.12 bits per heavy atom. The van der Waals surface area contributed by atoms with Gasteiger partial charge in [-0.3, -0.25) is 9.69 Å². The lowest BCUT2D eigenvalue weighted by atomic mass is 10.1. The van der Waals surface area contributed by atoms with E-state index in [2.05, 4.69) is 15.9 Å². The Balaban J connectivity index is 1.70. The van der Waals surface area contributed by atoms with Crippen LogP contribution >= 0.6 is 15.9 Å². The summed E-state index contributed by atoms with van der Waals surface area (Å²) >= 11 is 3.51. The van der Waals surface area contributed by atoms with Crippen molar-refractivity contribution in [2.75, 3.05) is 44.5 Å². The Morgan fingerprint density at radius 1 is 1.33 bits per heavy atom. The van der Waals surface area contributed by atoms with E-state index in [-0.39, 0.29) is 12.0 Å². The Bertz CT molecular complexity index is 649. The highest BCUT2D eigenvalue weighted by Gasteiger charge is 2.56. The standard InChI is InChI=1S/C17H21BrN2O4/c1-12-4-7-23-17(24-12)14-10-13(18)2-3-15(14)20(16(17)21)11-19-5-8-22-9-6-19/h2-3,10,12H,4-9,11H2,1H3/p+1/t12-,17-/m0/s1. The van der Waals surface area contributed by atoms with Gasteiger partial charge in [0.2, 0.25) is 0 Å². The molecule has 130 valence electrons. The van der Waals surface area contributed by atoms with E-state index < -0.39 is 5.79 Å². The van der Waals surface area contributed by atoms with Gasteiger partial charge in [0, 0.05) is 10.0 Å². The van der Waals surface area contributed by atoms with Gasteiger partial charge in [0.1, 0.15) is 13.1 Å². The number of rotatable bonds is 2. The molecule has 3 aliphatic heterocycles. The van der Waals surface area contributed by atoms with E-state index in [1.165, 1.54) is 4.90 Å². The number of quaternary nitrogens is 1. The topological polar surface area (TPSA) is 52.4 Å². The van der Waals surface area contributed by atoms with Crippen molar-refractivity contribution in [3.63, 3.8) is 0 Å². The SMILES string of the molecule is C[C@H]1CCO[C@@]2(O1)C(=O)N(C[NH+]1CCOCC1)c1ccc(Br)cc12. The first-order valence-corrected chi connectivity index (χ1v) is 9.24. The van der Waals surface area contributed by atoms with E-state index in [1.807, 2.05) is 30.0 Å². The molecule has 1 amide bonds. The predicted molar refractivity (Wildman–Crippen MR) is 90.8 cm³/mol. The summed E-state index contributed by atoms with van der Waals surface area (Å²) in [6, 6.07) is 5.87. The number of halogens is 1. The second kappa shape index (κ2) is 6.38. The molecule has 3 aliphatic rings. The molecular weight excluding hydrogens is 376 g/mol. The number of amides is 1. The minimum Gasteiger partial charge on any atom is -0.370 e. The van der Waals surface area contributed by atoms with Crippen LogP contribution < -0.4 is 9.80 Å². The maximum atomic E-state index is 13.3. The van der Waals surface area contributed by atoms with E-state index in [0.29, 0.717) is 13.3 Å². The number of nitrogens with zero attached hydrogens (tertiary/aromatic N) is 1. The molecule has 4 rings (SSSR count). The Hall–Kier alpha value is -0.990. The van der Waals surface area contributed by atoms with Crippen molar-refractivity contribution >= 4 is 27.5 Å². The van der Waals surface area contributed by atoms with E-state index in [4.69, 9.17) is 14.2 Å². The molecule has 24 heavy (non-hydrogen) atoms. The fourth-order valence-electron chi connectivity index (χ4n) is 3.61. The van der Waals surface area contributed by atoms with E-state index in [9.17, 15) is 4.79 Å². The molecule has 1 aromatic carbocycles. The van der Waals surface area contributed by atoms with Crippen LogP contribution in [0.2, 0.25) is 0 Å². The van der Waals surface area contributed by atoms with Crippen LogP contribution in [0.1, 0.15) is 18.9 Å². The zero-order chi connectivity index (χ0) is 16.7. The molecule has 1 aromatic rings. The molecule has 0 unspecified atom stereocenters. The molecule has 1 spiro atoms. The Kier molecular flexibility index (Phi) is 4.38. The number of morpholine rings is 1. The largest absolute Gasteiger partial charge is 0.370 e. The van der Waals surface area contributed by atoms with E-state index in [0.717, 1.165) is 48.4 Å². The normalized spacial score (nSPS) is 30.8. The number of hydrogen-bond acceptors (Lipinski definition) is 4. The van der Waals surface area contributed by atoms with Gasteiger partial charge in [-0.2, -0.15) is 0 Å². The van der Waals surface area contributed by atoms with Crippen LogP contribution in [-0.2, 0) is 24.8 Å². The average Bonchev–Trinajstić information content (AvgIpc) is 2.78. The van der Waals surface area contributed by atoms with Crippen molar-refractivity contribution in [1.82, 2.24) is 0 Å². The monoisotopic (exact) mass is 397 g/mol. The van der Waals surface area contributed by atoms with Crippen molar-refractivity contribution in [3.05, 3.63) is 28.2 Å². The number of fused-ring (bicyclic) bond motifs is 2. The predicted octanol–water partition coefficient (Wildman–Crippen LogP) is 0.647. The first kappa shape index (κ1) is 16.5. The van der Waals surface area contributed by atoms with Crippen molar-refractivity contribution in [3.8, 4) is 0 Å². The number of ether oxygens (including phenoxy) is 3. The molecule has 3 heterocycles. The fourth-order valence-corrected chi connectivity index (χ4v) is 3.97. The minimum absolute atomic E-state index is 0.00906. The zero-order valence-corrected chi connectivity index (χ0v) is 15.3. The third-order valence-electron chi connectivity index (χ3n) is 4.91. The summed E-state index contributed by atoms with van der Waals surface area (Å²) in [7, 11) is 0. The Morgan fingerprint density at radius 3 is 2.88 bits per heavy atom. The number of nitrogens with one attached hydrogen (secondary N) is 1. The van der Waals surface area contributed by atoms with E-state index >= 15 is 0 Å². The number of anilines is 1. The lowest BCUT2D eigenvalue weighted by Crippen LogP contribution is -3.15. The molecule has 0 aliphatic carbocycles. The first-order valence-electron chi connectivity index (χ1n) is 8.45. The smallest absolute Gasteiger partial charge is 0.296 e. The van der Waals surface area contributed by atoms with Gasteiger partial charge in [-0.25, -0.2) is 0 Å². The molecule has 2 atom stereocenters. The van der Waals surface area contributed by atoms with Crippen LogP contribution in [0.25, 0.3) is 0 Å². The van der Waals surface area contributed by atoms with Crippen LogP contribution in [-0.4, -0.2) is 51.6 Å².